The van der Waals surface area contributed by atoms with Gasteiger partial charge in [-0.3, -0.25) is 4.79 Å². The number of carbonyl (C=O) groups excluding carboxylic acids is 1. The van der Waals surface area contributed by atoms with E-state index in [1.165, 1.54) is 31.7 Å². The van der Waals surface area contributed by atoms with Crippen molar-refractivity contribution in [3.63, 3.8) is 0 Å². The van der Waals surface area contributed by atoms with Crippen molar-refractivity contribution in [2.75, 3.05) is 13.7 Å². The number of carboxylic acid groups (broad SMARTS) is 1. The van der Waals surface area contributed by atoms with E-state index in [1.54, 1.807) is 24.3 Å². The van der Waals surface area contributed by atoms with Crippen LogP contribution in [0.3, 0.4) is 0 Å². The lowest BCUT2D eigenvalue weighted by molar-refractivity contribution is -0.141. The number of aliphatic carboxylic acids is 1. The van der Waals surface area contributed by atoms with Crippen molar-refractivity contribution in [1.82, 2.24) is 4.90 Å². The Morgan fingerprint density at radius 2 is 2.05 bits per heavy atom. The van der Waals surface area contributed by atoms with Crippen molar-refractivity contribution in [2.24, 2.45) is 5.92 Å². The van der Waals surface area contributed by atoms with E-state index in [1.807, 2.05) is 0 Å². The molecule has 1 amide bonds. The van der Waals surface area contributed by atoms with E-state index >= 15 is 0 Å². The molecule has 1 aromatic rings. The summed E-state index contributed by atoms with van der Waals surface area (Å²) in [4.78, 5) is 24.5. The van der Waals surface area contributed by atoms with Gasteiger partial charge in [-0.15, -0.1) is 0 Å². The first-order chi connectivity index (χ1) is 9.50. The molecule has 5 nitrogen and oxygen atoms in total. The predicted molar refractivity (Wildman–Crippen MR) is 73.9 cm³/mol. The van der Waals surface area contributed by atoms with Crippen LogP contribution in [-0.4, -0.2) is 41.6 Å². The minimum Gasteiger partial charge on any atom is -0.492 e. The number of carbonyl (C=O) groups is 2. The molecule has 1 aliphatic rings. The molecule has 0 saturated heterocycles. The van der Waals surface area contributed by atoms with E-state index in [2.05, 4.69) is 0 Å². The van der Waals surface area contributed by atoms with Gasteiger partial charge < -0.3 is 14.7 Å². The number of likely N-dealkylation sites (N-methyl/N-ethyl adjacent to an activating group) is 1. The van der Waals surface area contributed by atoms with E-state index in [4.69, 9.17) is 9.84 Å². The van der Waals surface area contributed by atoms with Crippen molar-refractivity contribution in [3.05, 3.63) is 29.8 Å². The minimum atomic E-state index is -1.03. The van der Waals surface area contributed by atoms with Gasteiger partial charge in [-0.1, -0.05) is 12.1 Å². The number of carboxylic acids is 1. The van der Waals surface area contributed by atoms with E-state index < -0.39 is 12.0 Å². The first-order valence-corrected chi connectivity index (χ1v) is 6.72. The molecule has 1 N–H and O–H groups in total. The molecule has 108 valence electrons. The zero-order valence-electron chi connectivity index (χ0n) is 11.7. The lowest BCUT2D eigenvalue weighted by Crippen LogP contribution is -2.40. The normalized spacial score (nSPS) is 15.5. The average Bonchev–Trinajstić information content (AvgIpc) is 3.27. The number of para-hydroxylation sites is 1. The standard InChI is InChI=1S/C15H19NO4/c1-10(15(18)19)16(2)14(17)12-5-3-4-6-13(12)20-9-11-7-8-11/h3-6,10-11H,7-9H2,1-2H3,(H,18,19). The van der Waals surface area contributed by atoms with Gasteiger partial charge in [0.05, 0.1) is 12.2 Å². The number of benzene rings is 1. The third-order valence-electron chi connectivity index (χ3n) is 3.55. The average molecular weight is 277 g/mol. The van der Waals surface area contributed by atoms with Crippen LogP contribution in [-0.2, 0) is 4.79 Å². The van der Waals surface area contributed by atoms with Crippen molar-refractivity contribution in [1.29, 1.82) is 0 Å². The zero-order chi connectivity index (χ0) is 14.7. The van der Waals surface area contributed by atoms with Crippen LogP contribution < -0.4 is 4.74 Å². The van der Waals surface area contributed by atoms with E-state index in [9.17, 15) is 9.59 Å². The molecule has 0 aliphatic heterocycles. The number of nitrogens with zero attached hydrogens (tertiary/aromatic N) is 1. The topological polar surface area (TPSA) is 66.8 Å². The Morgan fingerprint density at radius 3 is 2.65 bits per heavy atom. The van der Waals surface area contributed by atoms with Crippen LogP contribution in [0.5, 0.6) is 5.75 Å². The van der Waals surface area contributed by atoms with Gasteiger partial charge in [-0.2, -0.15) is 0 Å². The Bertz CT molecular complexity index is 510. The number of amides is 1. The van der Waals surface area contributed by atoms with Crippen LogP contribution in [0.1, 0.15) is 30.1 Å². The molecule has 0 heterocycles. The monoisotopic (exact) mass is 277 g/mol. The Hall–Kier alpha value is -2.04. The highest BCUT2D eigenvalue weighted by molar-refractivity contribution is 5.98. The maximum absolute atomic E-state index is 12.4. The third-order valence-corrected chi connectivity index (χ3v) is 3.55. The maximum Gasteiger partial charge on any atom is 0.326 e. The molecule has 1 atom stereocenters. The van der Waals surface area contributed by atoms with Gasteiger partial charge >= 0.3 is 5.97 Å². The van der Waals surface area contributed by atoms with Gasteiger partial charge in [-0.05, 0) is 37.8 Å². The van der Waals surface area contributed by atoms with Crippen molar-refractivity contribution >= 4 is 11.9 Å². The lowest BCUT2D eigenvalue weighted by atomic mass is 10.1. The number of rotatable bonds is 6. The molecular formula is C15H19NO4. The molecule has 5 heteroatoms. The molecule has 1 aromatic carbocycles. The molecule has 0 bridgehead atoms. The van der Waals surface area contributed by atoms with Crippen LogP contribution in [0.4, 0.5) is 0 Å². The van der Waals surface area contributed by atoms with E-state index in [0.29, 0.717) is 23.8 Å². The third kappa shape index (κ3) is 3.29. The summed E-state index contributed by atoms with van der Waals surface area (Å²) in [5.74, 6) is -0.258. The fraction of sp³-hybridized carbons (Fsp3) is 0.467. The molecule has 20 heavy (non-hydrogen) atoms. The summed E-state index contributed by atoms with van der Waals surface area (Å²) in [6, 6.07) is 6.08. The van der Waals surface area contributed by atoms with Crippen LogP contribution in [0.15, 0.2) is 24.3 Å². The summed E-state index contributed by atoms with van der Waals surface area (Å²) in [6.45, 7) is 2.09. The summed E-state index contributed by atoms with van der Waals surface area (Å²) >= 11 is 0. The summed E-state index contributed by atoms with van der Waals surface area (Å²) < 4.78 is 5.68. The zero-order valence-corrected chi connectivity index (χ0v) is 11.7. The Labute approximate surface area is 118 Å². The second-order valence-electron chi connectivity index (χ2n) is 5.18. The van der Waals surface area contributed by atoms with Crippen LogP contribution in [0.25, 0.3) is 0 Å². The van der Waals surface area contributed by atoms with Crippen LogP contribution in [0, 0.1) is 5.92 Å². The van der Waals surface area contributed by atoms with Gasteiger partial charge in [-0.25, -0.2) is 4.79 Å². The quantitative estimate of drug-likeness (QED) is 0.864. The lowest BCUT2D eigenvalue weighted by Gasteiger charge is -2.22. The molecule has 1 saturated carbocycles. The molecule has 2 rings (SSSR count). The fourth-order valence-electron chi connectivity index (χ4n) is 1.79. The molecule has 0 radical (unpaired) electrons. The highest BCUT2D eigenvalue weighted by Crippen LogP contribution is 2.30. The second-order valence-corrected chi connectivity index (χ2v) is 5.18. The summed E-state index contributed by atoms with van der Waals surface area (Å²) in [5.41, 5.74) is 0.406. The van der Waals surface area contributed by atoms with Gasteiger partial charge in [0.2, 0.25) is 0 Å². The second kappa shape index (κ2) is 5.94. The smallest absolute Gasteiger partial charge is 0.326 e. The largest absolute Gasteiger partial charge is 0.492 e. The van der Waals surface area contributed by atoms with E-state index in [-0.39, 0.29) is 5.91 Å². The highest BCUT2D eigenvalue weighted by atomic mass is 16.5. The number of hydrogen-bond donors (Lipinski definition) is 1. The number of ether oxygens (including phenoxy) is 1. The maximum atomic E-state index is 12.4. The van der Waals surface area contributed by atoms with E-state index in [0.717, 1.165) is 0 Å². The SMILES string of the molecule is CC(C(=O)O)N(C)C(=O)c1ccccc1OCC1CC1. The van der Waals surface area contributed by atoms with Crippen molar-refractivity contribution in [3.8, 4) is 5.75 Å². The summed E-state index contributed by atoms with van der Waals surface area (Å²) in [6.07, 6.45) is 2.35. The van der Waals surface area contributed by atoms with Crippen molar-refractivity contribution in [2.45, 2.75) is 25.8 Å². The Kier molecular flexibility index (Phi) is 4.27. The Morgan fingerprint density at radius 1 is 1.40 bits per heavy atom. The van der Waals surface area contributed by atoms with Gasteiger partial charge in [0.15, 0.2) is 0 Å². The van der Waals surface area contributed by atoms with Gasteiger partial charge in [0.1, 0.15) is 11.8 Å². The molecule has 1 fully saturated rings. The van der Waals surface area contributed by atoms with Gasteiger partial charge in [0.25, 0.3) is 5.91 Å². The molecule has 1 aliphatic carbocycles. The molecular weight excluding hydrogens is 258 g/mol. The van der Waals surface area contributed by atoms with Crippen LogP contribution >= 0.6 is 0 Å². The molecule has 0 aromatic heterocycles. The first kappa shape index (κ1) is 14.4. The number of hydrogen-bond acceptors (Lipinski definition) is 3. The summed E-state index contributed by atoms with van der Waals surface area (Å²) in [7, 11) is 1.48. The Balaban J connectivity index is 2.13. The minimum absolute atomic E-state index is 0.341. The van der Waals surface area contributed by atoms with Crippen molar-refractivity contribution < 1.29 is 19.4 Å². The molecule has 1 unspecified atom stereocenters. The highest BCUT2D eigenvalue weighted by Gasteiger charge is 2.26. The fourth-order valence-corrected chi connectivity index (χ4v) is 1.79. The molecule has 0 spiro atoms. The van der Waals surface area contributed by atoms with Crippen LogP contribution in [0.2, 0.25) is 0 Å². The predicted octanol–water partition coefficient (Wildman–Crippen LogP) is 2.02. The van der Waals surface area contributed by atoms with Gasteiger partial charge in [0, 0.05) is 7.05 Å². The first-order valence-electron chi connectivity index (χ1n) is 6.72. The summed E-state index contributed by atoms with van der Waals surface area (Å²) in [5, 5.41) is 8.98.